The van der Waals surface area contributed by atoms with Gasteiger partial charge in [-0.3, -0.25) is 14.6 Å². The van der Waals surface area contributed by atoms with Crippen molar-refractivity contribution in [2.45, 2.75) is 12.8 Å². The minimum absolute atomic E-state index is 0.0822. The Morgan fingerprint density at radius 3 is 2.81 bits per heavy atom. The van der Waals surface area contributed by atoms with Crippen LogP contribution in [-0.2, 0) is 14.4 Å². The molecule has 0 aliphatic carbocycles. The van der Waals surface area contributed by atoms with Crippen LogP contribution in [0.2, 0.25) is 0 Å². The number of aromatic nitrogens is 1. The summed E-state index contributed by atoms with van der Waals surface area (Å²) in [5.74, 6) is -2.69. The Hall–Kier alpha value is -2.24. The van der Waals surface area contributed by atoms with Gasteiger partial charge in [-0.25, -0.2) is 4.79 Å². The lowest BCUT2D eigenvalue weighted by Crippen LogP contribution is -2.32. The van der Waals surface area contributed by atoms with E-state index in [1.807, 2.05) is 0 Å². The van der Waals surface area contributed by atoms with E-state index < -0.39 is 47.8 Å². The molecule has 1 fully saturated rings. The van der Waals surface area contributed by atoms with Gasteiger partial charge in [-0.15, -0.1) is 5.06 Å². The lowest BCUT2D eigenvalue weighted by Gasteiger charge is -2.11. The van der Waals surface area contributed by atoms with Gasteiger partial charge in [0, 0.05) is 25.2 Å². The molecular weight excluding hydrogens is 212 g/mol. The van der Waals surface area contributed by atoms with Crippen LogP contribution in [0.25, 0.3) is 0 Å². The van der Waals surface area contributed by atoms with Gasteiger partial charge in [-0.1, -0.05) is 0 Å². The van der Waals surface area contributed by atoms with Crippen molar-refractivity contribution in [1.29, 1.82) is 0 Å². The maximum absolute atomic E-state index is 11.8. The zero-order chi connectivity index (χ0) is 15.0. The second kappa shape index (κ2) is 4.09. The third-order valence-corrected chi connectivity index (χ3v) is 1.85. The topological polar surface area (TPSA) is 76.6 Å². The molecule has 0 aromatic carbocycles. The van der Waals surface area contributed by atoms with Crippen LogP contribution in [0.15, 0.2) is 24.4 Å². The maximum Gasteiger partial charge on any atom is 0.365 e. The third kappa shape index (κ3) is 1.90. The van der Waals surface area contributed by atoms with Crippen LogP contribution in [-0.4, -0.2) is 27.8 Å². The molecule has 0 N–H and O–H groups in total. The summed E-state index contributed by atoms with van der Waals surface area (Å²) >= 11 is 0. The third-order valence-electron chi connectivity index (χ3n) is 1.85. The minimum atomic E-state index is -1.30. The highest BCUT2D eigenvalue weighted by Crippen LogP contribution is 2.13. The molecule has 1 saturated heterocycles. The molecule has 6 heteroatoms. The van der Waals surface area contributed by atoms with E-state index in [0.717, 1.165) is 0 Å². The predicted octanol–water partition coefficient (Wildman–Crippen LogP) is 0.302. The van der Waals surface area contributed by atoms with E-state index in [2.05, 4.69) is 9.82 Å². The van der Waals surface area contributed by atoms with Crippen molar-refractivity contribution >= 4 is 17.8 Å². The number of carbonyl (C=O) groups excluding carboxylic acids is 3. The Morgan fingerprint density at radius 2 is 2.12 bits per heavy atom. The van der Waals surface area contributed by atoms with E-state index >= 15 is 0 Å². The number of hydrogen-bond donors (Lipinski definition) is 0. The first-order valence-electron chi connectivity index (χ1n) is 6.35. The van der Waals surface area contributed by atoms with Gasteiger partial charge in [0.25, 0.3) is 11.8 Å². The lowest BCUT2D eigenvalue weighted by molar-refractivity contribution is -0.172. The molecule has 16 heavy (non-hydrogen) atoms. The van der Waals surface area contributed by atoms with Crippen molar-refractivity contribution in [2.24, 2.45) is 0 Å². The van der Waals surface area contributed by atoms with Crippen molar-refractivity contribution in [2.75, 3.05) is 0 Å². The van der Waals surface area contributed by atoms with E-state index in [1.54, 1.807) is 0 Å². The van der Waals surface area contributed by atoms with E-state index in [0.29, 0.717) is 0 Å². The molecule has 2 heterocycles. The summed E-state index contributed by atoms with van der Waals surface area (Å²) in [6.07, 6.45) is -1.51. The Morgan fingerprint density at radius 1 is 1.44 bits per heavy atom. The van der Waals surface area contributed by atoms with Crippen molar-refractivity contribution < 1.29 is 24.7 Å². The SMILES string of the molecule is [2H]c1nc([2H])c(C(=O)ON2C(=O)CCC2=O)c([2H])c1[2H]. The molecule has 2 amide bonds. The highest BCUT2D eigenvalue weighted by molar-refractivity contribution is 6.02. The van der Waals surface area contributed by atoms with Crippen molar-refractivity contribution in [3.63, 3.8) is 0 Å². The number of pyridine rings is 1. The second-order valence-electron chi connectivity index (χ2n) is 2.92. The maximum atomic E-state index is 11.8. The molecule has 1 aliphatic rings. The van der Waals surface area contributed by atoms with Crippen LogP contribution in [0.5, 0.6) is 0 Å². The van der Waals surface area contributed by atoms with Crippen LogP contribution in [0.3, 0.4) is 0 Å². The zero-order valence-corrected chi connectivity index (χ0v) is 7.94. The van der Waals surface area contributed by atoms with Gasteiger partial charge in [0.15, 0.2) is 0 Å². The standard InChI is InChI=1S/C10H8N2O4/c13-8-3-4-9(14)12(8)16-10(15)7-2-1-5-11-6-7/h1-2,5-6H,3-4H2/i1D,2D,5D,6D. The van der Waals surface area contributed by atoms with Gasteiger partial charge in [-0.2, -0.15) is 0 Å². The molecule has 6 nitrogen and oxygen atoms in total. The summed E-state index contributed by atoms with van der Waals surface area (Å²) < 4.78 is 29.5. The fourth-order valence-corrected chi connectivity index (χ4v) is 1.11. The molecule has 0 spiro atoms. The van der Waals surface area contributed by atoms with Gasteiger partial charge in [-0.05, 0) is 12.1 Å². The van der Waals surface area contributed by atoms with Crippen LogP contribution >= 0.6 is 0 Å². The van der Waals surface area contributed by atoms with Crippen LogP contribution in [0.4, 0.5) is 0 Å². The second-order valence-corrected chi connectivity index (χ2v) is 2.92. The van der Waals surface area contributed by atoms with E-state index in [4.69, 9.17) is 5.48 Å². The summed E-state index contributed by atoms with van der Waals surface area (Å²) in [7, 11) is 0. The molecule has 2 rings (SSSR count). The van der Waals surface area contributed by atoms with E-state index in [1.165, 1.54) is 0 Å². The lowest BCUT2D eigenvalue weighted by atomic mass is 10.3. The number of hydrogen-bond acceptors (Lipinski definition) is 5. The number of hydroxylamine groups is 2. The van der Waals surface area contributed by atoms with Gasteiger partial charge < -0.3 is 4.84 Å². The summed E-state index contributed by atoms with van der Waals surface area (Å²) in [5.41, 5.74) is -0.668. The molecule has 1 aliphatic heterocycles. The largest absolute Gasteiger partial charge is 0.365 e. The molecule has 0 saturated carbocycles. The molecule has 0 bridgehead atoms. The van der Waals surface area contributed by atoms with Crippen LogP contribution in [0, 0.1) is 0 Å². The first kappa shape index (κ1) is 6.37. The normalized spacial score (nSPS) is 18.9. The smallest absolute Gasteiger partial charge is 0.325 e. The van der Waals surface area contributed by atoms with Crippen LogP contribution in [0.1, 0.15) is 28.7 Å². The predicted molar refractivity (Wildman–Crippen MR) is 50.7 cm³/mol. The van der Waals surface area contributed by atoms with Crippen molar-refractivity contribution in [3.05, 3.63) is 30.0 Å². The highest BCUT2D eigenvalue weighted by atomic mass is 16.7. The molecule has 1 aromatic heterocycles. The number of nitrogens with zero attached hydrogens (tertiary/aromatic N) is 2. The Bertz CT molecular complexity index is 618. The first-order chi connectivity index (χ1) is 9.32. The van der Waals surface area contributed by atoms with Crippen molar-refractivity contribution in [1.82, 2.24) is 10.0 Å². The Labute approximate surface area is 96.4 Å². The monoisotopic (exact) mass is 224 g/mol. The van der Waals surface area contributed by atoms with E-state index in [-0.39, 0.29) is 17.9 Å². The van der Waals surface area contributed by atoms with E-state index in [9.17, 15) is 14.4 Å². The molecule has 82 valence electrons. The molecule has 1 aromatic rings. The number of amides is 2. The van der Waals surface area contributed by atoms with Crippen LogP contribution < -0.4 is 0 Å². The molecule has 0 radical (unpaired) electrons. The quantitative estimate of drug-likeness (QED) is 0.675. The van der Waals surface area contributed by atoms with Crippen molar-refractivity contribution in [3.8, 4) is 0 Å². The average Bonchev–Trinajstić information content (AvgIpc) is 2.68. The van der Waals surface area contributed by atoms with Gasteiger partial charge in [0.2, 0.25) is 0 Å². The summed E-state index contributed by atoms with van der Waals surface area (Å²) in [6.45, 7) is 0. The fourth-order valence-electron chi connectivity index (χ4n) is 1.11. The van der Waals surface area contributed by atoms with Gasteiger partial charge in [0.1, 0.15) is 0 Å². The summed E-state index contributed by atoms with van der Waals surface area (Å²) in [6, 6.07) is -1.36. The average molecular weight is 224 g/mol. The minimum Gasteiger partial charge on any atom is -0.325 e. The number of rotatable bonds is 2. The zero-order valence-electron chi connectivity index (χ0n) is 11.9. The number of imide groups is 1. The summed E-state index contributed by atoms with van der Waals surface area (Å²) in [5, 5.41) is 0.277. The Kier molecular flexibility index (Phi) is 1.63. The van der Waals surface area contributed by atoms with Gasteiger partial charge in [0.05, 0.1) is 11.0 Å². The molecule has 0 unspecified atom stereocenters. The number of carbonyl (C=O) groups is 3. The fraction of sp³-hybridized carbons (Fsp3) is 0.200. The summed E-state index contributed by atoms with van der Waals surface area (Å²) in [4.78, 5) is 42.2. The van der Waals surface area contributed by atoms with Gasteiger partial charge >= 0.3 is 5.97 Å². The Balaban J connectivity index is 2.33. The first-order valence-corrected chi connectivity index (χ1v) is 4.35. The molecular formula is C10H8N2O4. The molecule has 0 atom stereocenters. The highest BCUT2D eigenvalue weighted by Gasteiger charge is 2.33.